The molecule has 1 heterocycles. The van der Waals surface area contributed by atoms with E-state index in [1.165, 1.54) is 18.4 Å². The fourth-order valence-corrected chi connectivity index (χ4v) is 2.34. The molecule has 0 radical (unpaired) electrons. The second kappa shape index (κ2) is 8.41. The summed E-state index contributed by atoms with van der Waals surface area (Å²) in [5.74, 6) is 1.71. The van der Waals surface area contributed by atoms with Crippen LogP contribution in [0.5, 0.6) is 5.75 Å². The summed E-state index contributed by atoms with van der Waals surface area (Å²) in [5.41, 5.74) is 1.46. The Hall–Kier alpha value is -0.770. The second-order valence-corrected chi connectivity index (χ2v) is 5.25. The summed E-state index contributed by atoms with van der Waals surface area (Å²) < 4.78 is 5.71. The van der Waals surface area contributed by atoms with Crippen LogP contribution >= 0.6 is 12.4 Å². The van der Waals surface area contributed by atoms with Crippen LogP contribution < -0.4 is 10.1 Å². The number of hydrogen-bond acceptors (Lipinski definition) is 3. The SMILES string of the molecule is CN(C)CCOc1ccc(C2CCNCC2)cc1.Cl. The minimum Gasteiger partial charge on any atom is -0.492 e. The van der Waals surface area contributed by atoms with Crippen molar-refractivity contribution in [1.82, 2.24) is 10.2 Å². The van der Waals surface area contributed by atoms with E-state index in [4.69, 9.17) is 4.74 Å². The van der Waals surface area contributed by atoms with Gasteiger partial charge in [0.05, 0.1) is 0 Å². The van der Waals surface area contributed by atoms with Gasteiger partial charge in [-0.15, -0.1) is 12.4 Å². The third kappa shape index (κ3) is 5.39. The Labute approximate surface area is 122 Å². The third-order valence-corrected chi connectivity index (χ3v) is 3.50. The van der Waals surface area contributed by atoms with E-state index in [9.17, 15) is 0 Å². The van der Waals surface area contributed by atoms with E-state index in [2.05, 4.69) is 48.6 Å². The summed E-state index contributed by atoms with van der Waals surface area (Å²) in [6.45, 7) is 3.99. The van der Waals surface area contributed by atoms with Crippen molar-refractivity contribution in [2.45, 2.75) is 18.8 Å². The molecule has 3 nitrogen and oxygen atoms in total. The first-order chi connectivity index (χ1) is 8.75. The van der Waals surface area contributed by atoms with Crippen LogP contribution in [0.4, 0.5) is 0 Å². The molecule has 0 aliphatic carbocycles. The predicted octanol–water partition coefficient (Wildman–Crippen LogP) is 2.52. The van der Waals surface area contributed by atoms with Gasteiger partial charge >= 0.3 is 0 Å². The van der Waals surface area contributed by atoms with E-state index in [1.54, 1.807) is 0 Å². The zero-order chi connectivity index (χ0) is 12.8. The van der Waals surface area contributed by atoms with Crippen LogP contribution in [0.1, 0.15) is 24.3 Å². The lowest BCUT2D eigenvalue weighted by molar-refractivity contribution is 0.261. The van der Waals surface area contributed by atoms with Gasteiger partial charge in [-0.05, 0) is 63.6 Å². The van der Waals surface area contributed by atoms with Gasteiger partial charge in [-0.1, -0.05) is 12.1 Å². The van der Waals surface area contributed by atoms with E-state index in [-0.39, 0.29) is 12.4 Å². The quantitative estimate of drug-likeness (QED) is 0.899. The first-order valence-electron chi connectivity index (χ1n) is 6.84. The molecule has 108 valence electrons. The van der Waals surface area contributed by atoms with Gasteiger partial charge < -0.3 is 15.0 Å². The van der Waals surface area contributed by atoms with Gasteiger partial charge in [-0.25, -0.2) is 0 Å². The molecular formula is C15H25ClN2O. The summed E-state index contributed by atoms with van der Waals surface area (Å²) in [6.07, 6.45) is 2.50. The number of nitrogens with one attached hydrogen (secondary N) is 1. The fraction of sp³-hybridized carbons (Fsp3) is 0.600. The van der Waals surface area contributed by atoms with E-state index in [0.717, 1.165) is 37.9 Å². The van der Waals surface area contributed by atoms with E-state index in [1.807, 2.05) is 0 Å². The third-order valence-electron chi connectivity index (χ3n) is 3.50. The fourth-order valence-electron chi connectivity index (χ4n) is 2.34. The number of likely N-dealkylation sites (N-methyl/N-ethyl adjacent to an activating group) is 1. The molecule has 1 fully saturated rings. The van der Waals surface area contributed by atoms with Gasteiger partial charge in [0.2, 0.25) is 0 Å². The van der Waals surface area contributed by atoms with Crippen molar-refractivity contribution >= 4 is 12.4 Å². The summed E-state index contributed by atoms with van der Waals surface area (Å²) >= 11 is 0. The maximum Gasteiger partial charge on any atom is 0.119 e. The summed E-state index contributed by atoms with van der Waals surface area (Å²) in [6, 6.07) is 8.65. The highest BCUT2D eigenvalue weighted by molar-refractivity contribution is 5.85. The van der Waals surface area contributed by atoms with E-state index in [0.29, 0.717) is 0 Å². The number of ether oxygens (including phenoxy) is 1. The average Bonchev–Trinajstić information content (AvgIpc) is 2.40. The Morgan fingerprint density at radius 3 is 2.37 bits per heavy atom. The van der Waals surface area contributed by atoms with Crippen LogP contribution in [-0.4, -0.2) is 45.2 Å². The standard InChI is InChI=1S/C15H24N2O.ClH/c1-17(2)11-12-18-15-5-3-13(4-6-15)14-7-9-16-10-8-14;/h3-6,14,16H,7-12H2,1-2H3;1H. The molecule has 1 saturated heterocycles. The Bertz CT molecular complexity index is 348. The number of piperidine rings is 1. The topological polar surface area (TPSA) is 24.5 Å². The first-order valence-corrected chi connectivity index (χ1v) is 6.84. The summed E-state index contributed by atoms with van der Waals surface area (Å²) in [7, 11) is 4.12. The van der Waals surface area contributed by atoms with Crippen molar-refractivity contribution in [3.8, 4) is 5.75 Å². The monoisotopic (exact) mass is 284 g/mol. The Morgan fingerprint density at radius 2 is 1.79 bits per heavy atom. The van der Waals surface area contributed by atoms with Gasteiger partial charge in [-0.3, -0.25) is 0 Å². The summed E-state index contributed by atoms with van der Waals surface area (Å²) in [4.78, 5) is 2.13. The molecule has 1 aliphatic rings. The number of hydrogen-bond donors (Lipinski definition) is 1. The van der Waals surface area contributed by atoms with Gasteiger partial charge in [0, 0.05) is 6.54 Å². The normalized spacial score (nSPS) is 16.2. The zero-order valence-electron chi connectivity index (χ0n) is 11.9. The Kier molecular flexibility index (Phi) is 7.21. The molecule has 0 amide bonds. The van der Waals surface area contributed by atoms with Crippen LogP contribution in [0, 0.1) is 0 Å². The van der Waals surface area contributed by atoms with Crippen LogP contribution in [0.3, 0.4) is 0 Å². The van der Waals surface area contributed by atoms with Gasteiger partial charge in [0.15, 0.2) is 0 Å². The highest BCUT2D eigenvalue weighted by Gasteiger charge is 2.14. The van der Waals surface area contributed by atoms with Crippen molar-refractivity contribution in [2.75, 3.05) is 40.3 Å². The van der Waals surface area contributed by atoms with Crippen molar-refractivity contribution in [2.24, 2.45) is 0 Å². The van der Waals surface area contributed by atoms with E-state index < -0.39 is 0 Å². The minimum absolute atomic E-state index is 0. The number of halogens is 1. The maximum absolute atomic E-state index is 5.71. The molecule has 2 rings (SSSR count). The smallest absolute Gasteiger partial charge is 0.119 e. The lowest BCUT2D eigenvalue weighted by Crippen LogP contribution is -2.26. The number of rotatable bonds is 5. The molecule has 0 unspecified atom stereocenters. The molecule has 0 spiro atoms. The zero-order valence-corrected chi connectivity index (χ0v) is 12.7. The molecule has 1 aromatic carbocycles. The predicted molar refractivity (Wildman–Crippen MR) is 82.6 cm³/mol. The molecule has 0 aromatic heterocycles. The van der Waals surface area contributed by atoms with Crippen molar-refractivity contribution in [1.29, 1.82) is 0 Å². The van der Waals surface area contributed by atoms with Crippen LogP contribution in [-0.2, 0) is 0 Å². The van der Waals surface area contributed by atoms with Gasteiger partial charge in [0.1, 0.15) is 12.4 Å². The molecule has 1 aliphatic heterocycles. The molecule has 0 bridgehead atoms. The lowest BCUT2D eigenvalue weighted by Gasteiger charge is -2.23. The molecule has 19 heavy (non-hydrogen) atoms. The highest BCUT2D eigenvalue weighted by atomic mass is 35.5. The first kappa shape index (κ1) is 16.3. The maximum atomic E-state index is 5.71. The van der Waals surface area contributed by atoms with Crippen LogP contribution in [0.2, 0.25) is 0 Å². The van der Waals surface area contributed by atoms with Gasteiger partial charge in [-0.2, -0.15) is 0 Å². The molecule has 1 aromatic rings. The number of nitrogens with zero attached hydrogens (tertiary/aromatic N) is 1. The molecule has 0 saturated carbocycles. The number of benzene rings is 1. The van der Waals surface area contributed by atoms with Crippen LogP contribution in [0.15, 0.2) is 24.3 Å². The minimum atomic E-state index is 0. The van der Waals surface area contributed by atoms with E-state index >= 15 is 0 Å². The molecule has 1 N–H and O–H groups in total. The average molecular weight is 285 g/mol. The lowest BCUT2D eigenvalue weighted by atomic mass is 9.90. The molecular weight excluding hydrogens is 260 g/mol. The largest absolute Gasteiger partial charge is 0.492 e. The Morgan fingerprint density at radius 1 is 1.16 bits per heavy atom. The van der Waals surface area contributed by atoms with Crippen molar-refractivity contribution in [3.63, 3.8) is 0 Å². The van der Waals surface area contributed by atoms with Crippen molar-refractivity contribution in [3.05, 3.63) is 29.8 Å². The molecule has 4 heteroatoms. The van der Waals surface area contributed by atoms with Gasteiger partial charge in [0.25, 0.3) is 0 Å². The van der Waals surface area contributed by atoms with Crippen LogP contribution in [0.25, 0.3) is 0 Å². The highest BCUT2D eigenvalue weighted by Crippen LogP contribution is 2.26. The Balaban J connectivity index is 0.00000180. The van der Waals surface area contributed by atoms with Crippen molar-refractivity contribution < 1.29 is 4.74 Å². The second-order valence-electron chi connectivity index (χ2n) is 5.25. The summed E-state index contributed by atoms with van der Waals surface area (Å²) in [5, 5.41) is 3.40. The molecule has 0 atom stereocenters.